The van der Waals surface area contributed by atoms with Crippen LogP contribution in [0.3, 0.4) is 0 Å². The lowest BCUT2D eigenvalue weighted by molar-refractivity contribution is 0.794. The summed E-state index contributed by atoms with van der Waals surface area (Å²) >= 11 is 0. The van der Waals surface area contributed by atoms with Gasteiger partial charge in [-0.3, -0.25) is 0 Å². The molecule has 0 N–H and O–H groups in total. The van der Waals surface area contributed by atoms with E-state index in [0.29, 0.717) is 0 Å². The number of nitrogens with zero attached hydrogens (tertiary/aromatic N) is 2. The van der Waals surface area contributed by atoms with Crippen LogP contribution in [0.4, 0.5) is 17.1 Å². The molecule has 2 aliphatic carbocycles. The molecule has 0 atom stereocenters. The first-order valence-corrected chi connectivity index (χ1v) is 23.9. The van der Waals surface area contributed by atoms with E-state index in [1.54, 1.807) is 0 Å². The zero-order valence-electron chi connectivity index (χ0n) is 37.8. The molecule has 0 saturated heterocycles. The molecule has 0 radical (unpaired) electrons. The lowest BCUT2D eigenvalue weighted by Crippen LogP contribution is -2.26. The van der Waals surface area contributed by atoms with Crippen molar-refractivity contribution >= 4 is 38.9 Å². The molecule has 322 valence electrons. The molecule has 1 heterocycles. The van der Waals surface area contributed by atoms with Crippen LogP contribution < -0.4 is 4.90 Å². The number of para-hydroxylation sites is 2. The van der Waals surface area contributed by atoms with Crippen LogP contribution in [-0.2, 0) is 5.41 Å². The number of aromatic nitrogens is 1. The van der Waals surface area contributed by atoms with Gasteiger partial charge >= 0.3 is 0 Å². The summed E-state index contributed by atoms with van der Waals surface area (Å²) < 4.78 is 2.39. The molecule has 14 rings (SSSR count). The first-order chi connectivity index (χ1) is 34.3. The summed E-state index contributed by atoms with van der Waals surface area (Å²) in [5.41, 5.74) is 24.2. The Morgan fingerprint density at radius 2 is 0.725 bits per heavy atom. The molecule has 69 heavy (non-hydrogen) atoms. The van der Waals surface area contributed by atoms with E-state index >= 15 is 0 Å². The second-order valence-electron chi connectivity index (χ2n) is 18.3. The second kappa shape index (κ2) is 15.6. The molecule has 0 saturated carbocycles. The summed E-state index contributed by atoms with van der Waals surface area (Å²) in [6.45, 7) is 0. The Morgan fingerprint density at radius 1 is 0.290 bits per heavy atom. The normalized spacial score (nSPS) is 12.8. The minimum Gasteiger partial charge on any atom is -0.310 e. The second-order valence-corrected chi connectivity index (χ2v) is 18.3. The highest BCUT2D eigenvalue weighted by molar-refractivity contribution is 6.16. The maximum absolute atomic E-state index is 2.47. The largest absolute Gasteiger partial charge is 0.310 e. The number of hydrogen-bond donors (Lipinski definition) is 0. The lowest BCUT2D eigenvalue weighted by atomic mass is 9.70. The van der Waals surface area contributed by atoms with E-state index in [-0.39, 0.29) is 0 Å². The number of hydrogen-bond acceptors (Lipinski definition) is 1. The third-order valence-corrected chi connectivity index (χ3v) is 14.8. The van der Waals surface area contributed by atoms with Gasteiger partial charge in [-0.2, -0.15) is 0 Å². The quantitative estimate of drug-likeness (QED) is 0.155. The molecule has 0 amide bonds. The van der Waals surface area contributed by atoms with E-state index in [1.165, 1.54) is 99.7 Å². The standard InChI is InChI=1S/C67H44N2/c1-3-17-45(18-4-1)47-37-41-51(42-38-47)68(64-32-16-29-61-66(64)56-23-9-13-28-60(56)67(61)58-26-11-7-21-54(58)55-22-8-12-27-59(55)67)52-43-39-48(40-44-52)46-33-35-49(36-34-46)53-25-15-31-63-65(53)57-24-10-14-30-62(57)69(63)50-19-5-2-6-20-50/h1-44H. The molecule has 2 heteroatoms. The fourth-order valence-electron chi connectivity index (χ4n) is 11.9. The van der Waals surface area contributed by atoms with E-state index in [0.717, 1.165) is 22.7 Å². The Balaban J connectivity index is 0.890. The Hall–Kier alpha value is -8.98. The van der Waals surface area contributed by atoms with Crippen molar-refractivity contribution in [1.29, 1.82) is 0 Å². The van der Waals surface area contributed by atoms with Crippen LogP contribution in [0, 0.1) is 0 Å². The highest BCUT2D eigenvalue weighted by Gasteiger charge is 2.52. The summed E-state index contributed by atoms with van der Waals surface area (Å²) in [4.78, 5) is 2.47. The summed E-state index contributed by atoms with van der Waals surface area (Å²) in [6, 6.07) is 98.3. The zero-order chi connectivity index (χ0) is 45.5. The number of anilines is 3. The predicted octanol–water partition coefficient (Wildman–Crippen LogP) is 17.6. The molecule has 0 aliphatic heterocycles. The van der Waals surface area contributed by atoms with E-state index < -0.39 is 5.41 Å². The maximum atomic E-state index is 2.47. The molecular formula is C67H44N2. The van der Waals surface area contributed by atoms with Crippen molar-refractivity contribution in [3.63, 3.8) is 0 Å². The predicted molar refractivity (Wildman–Crippen MR) is 288 cm³/mol. The highest BCUT2D eigenvalue weighted by atomic mass is 15.1. The van der Waals surface area contributed by atoms with Gasteiger partial charge < -0.3 is 9.47 Å². The zero-order valence-corrected chi connectivity index (χ0v) is 37.8. The topological polar surface area (TPSA) is 8.17 Å². The van der Waals surface area contributed by atoms with Gasteiger partial charge in [-0.25, -0.2) is 0 Å². The molecule has 0 bridgehead atoms. The number of fused-ring (bicyclic) bond motifs is 13. The highest BCUT2D eigenvalue weighted by Crippen LogP contribution is 2.64. The molecule has 0 unspecified atom stereocenters. The summed E-state index contributed by atoms with van der Waals surface area (Å²) in [5.74, 6) is 0. The van der Waals surface area contributed by atoms with Crippen LogP contribution in [0.2, 0.25) is 0 Å². The van der Waals surface area contributed by atoms with Gasteiger partial charge in [0.25, 0.3) is 0 Å². The fraction of sp³-hybridized carbons (Fsp3) is 0.0149. The van der Waals surface area contributed by atoms with Crippen LogP contribution in [0.1, 0.15) is 22.3 Å². The molecule has 2 aliphatic rings. The average Bonchev–Trinajstić information content (AvgIpc) is 4.04. The van der Waals surface area contributed by atoms with E-state index in [1.807, 2.05) is 0 Å². The molecular weight excluding hydrogens is 833 g/mol. The fourth-order valence-corrected chi connectivity index (χ4v) is 11.9. The lowest BCUT2D eigenvalue weighted by Gasteiger charge is -2.32. The summed E-state index contributed by atoms with van der Waals surface area (Å²) in [5, 5.41) is 2.53. The van der Waals surface area contributed by atoms with Gasteiger partial charge in [0.05, 0.1) is 22.1 Å². The maximum Gasteiger partial charge on any atom is 0.0726 e. The Morgan fingerprint density at radius 3 is 1.36 bits per heavy atom. The van der Waals surface area contributed by atoms with Crippen molar-refractivity contribution in [1.82, 2.24) is 4.57 Å². The Kier molecular flexibility index (Phi) is 8.84. The van der Waals surface area contributed by atoms with Gasteiger partial charge in [0.15, 0.2) is 0 Å². The Bertz CT molecular complexity index is 3870. The minimum absolute atomic E-state index is 0.432. The van der Waals surface area contributed by atoms with Crippen molar-refractivity contribution < 1.29 is 0 Å². The monoisotopic (exact) mass is 876 g/mol. The molecule has 1 spiro atoms. The van der Waals surface area contributed by atoms with Crippen LogP contribution in [-0.4, -0.2) is 4.57 Å². The average molecular weight is 877 g/mol. The third kappa shape index (κ3) is 5.86. The van der Waals surface area contributed by atoms with Gasteiger partial charge in [-0.1, -0.05) is 212 Å². The molecule has 2 nitrogen and oxygen atoms in total. The molecule has 0 fully saturated rings. The SMILES string of the molecule is c1ccc(-c2ccc(N(c3ccc(-c4ccc(-c5cccc6c5c5ccccc5n6-c5ccccc5)cc4)cc3)c3cccc4c3-c3ccccc3C43c4ccccc4-c4ccccc43)cc2)cc1. The summed E-state index contributed by atoms with van der Waals surface area (Å²) in [6.07, 6.45) is 0. The minimum atomic E-state index is -0.432. The van der Waals surface area contributed by atoms with E-state index in [4.69, 9.17) is 0 Å². The van der Waals surface area contributed by atoms with E-state index in [9.17, 15) is 0 Å². The van der Waals surface area contributed by atoms with Crippen molar-refractivity contribution in [3.8, 4) is 61.3 Å². The van der Waals surface area contributed by atoms with Crippen LogP contribution >= 0.6 is 0 Å². The van der Waals surface area contributed by atoms with Gasteiger partial charge in [-0.05, 0) is 127 Å². The van der Waals surface area contributed by atoms with Crippen LogP contribution in [0.25, 0.3) is 83.1 Å². The van der Waals surface area contributed by atoms with Gasteiger partial charge in [0.2, 0.25) is 0 Å². The van der Waals surface area contributed by atoms with Gasteiger partial charge in [0, 0.05) is 33.4 Å². The van der Waals surface area contributed by atoms with Crippen molar-refractivity contribution in [2.75, 3.05) is 4.90 Å². The Labute approximate surface area is 402 Å². The van der Waals surface area contributed by atoms with Crippen molar-refractivity contribution in [2.24, 2.45) is 0 Å². The molecule has 11 aromatic carbocycles. The first-order valence-electron chi connectivity index (χ1n) is 23.9. The number of benzene rings is 11. The van der Waals surface area contributed by atoms with Crippen molar-refractivity contribution in [2.45, 2.75) is 5.41 Å². The molecule has 12 aromatic rings. The van der Waals surface area contributed by atoms with Crippen LogP contribution in [0.15, 0.2) is 267 Å². The smallest absolute Gasteiger partial charge is 0.0726 e. The van der Waals surface area contributed by atoms with Gasteiger partial charge in [-0.15, -0.1) is 0 Å². The summed E-state index contributed by atoms with van der Waals surface area (Å²) in [7, 11) is 0. The first kappa shape index (κ1) is 39.2. The van der Waals surface area contributed by atoms with Crippen molar-refractivity contribution in [3.05, 3.63) is 289 Å². The van der Waals surface area contributed by atoms with Crippen LogP contribution in [0.5, 0.6) is 0 Å². The van der Waals surface area contributed by atoms with E-state index in [2.05, 4.69) is 276 Å². The molecule has 1 aromatic heterocycles. The third-order valence-electron chi connectivity index (χ3n) is 14.8. The number of rotatable bonds is 7. The van der Waals surface area contributed by atoms with Gasteiger partial charge in [0.1, 0.15) is 0 Å².